The summed E-state index contributed by atoms with van der Waals surface area (Å²) in [5, 5.41) is 10.4. The van der Waals surface area contributed by atoms with Crippen LogP contribution in [0, 0.1) is 0 Å². The van der Waals surface area contributed by atoms with Gasteiger partial charge in [0.25, 0.3) is 0 Å². The third kappa shape index (κ3) is 1.73. The Labute approximate surface area is 93.2 Å². The Morgan fingerprint density at radius 3 is 2.33 bits per heavy atom. The Kier molecular flexibility index (Phi) is 2.86. The Bertz CT molecular complexity index is 233. The summed E-state index contributed by atoms with van der Waals surface area (Å²) in [6.45, 7) is 5.90. The highest BCUT2D eigenvalue weighted by Crippen LogP contribution is 2.45. The normalized spacial score (nSPS) is 29.3. The Morgan fingerprint density at radius 2 is 1.87 bits per heavy atom. The van der Waals surface area contributed by atoms with E-state index in [2.05, 4.69) is 4.90 Å². The Balaban J connectivity index is 2.19. The standard InChI is InChI=1S/C11H20BNO2/c1-9(2)15-11(12,14)10-5-3-7-13(10)8-4-6-10/h9,14H,3-8H2,1-2H3. The quantitative estimate of drug-likeness (QED) is 0.552. The molecule has 0 aromatic heterocycles. The topological polar surface area (TPSA) is 32.7 Å². The lowest BCUT2D eigenvalue weighted by Gasteiger charge is -2.46. The van der Waals surface area contributed by atoms with Gasteiger partial charge in [-0.05, 0) is 52.6 Å². The van der Waals surface area contributed by atoms with Crippen molar-refractivity contribution in [3.63, 3.8) is 0 Å². The van der Waals surface area contributed by atoms with Gasteiger partial charge in [-0.1, -0.05) is 0 Å². The second-order valence-electron chi connectivity index (χ2n) is 5.09. The number of aliphatic hydroxyl groups is 1. The first-order valence-corrected chi connectivity index (χ1v) is 5.92. The van der Waals surface area contributed by atoms with Crippen molar-refractivity contribution in [2.75, 3.05) is 13.1 Å². The van der Waals surface area contributed by atoms with Gasteiger partial charge in [-0.25, -0.2) is 0 Å². The first-order valence-electron chi connectivity index (χ1n) is 5.92. The lowest BCUT2D eigenvalue weighted by atomic mass is 9.73. The van der Waals surface area contributed by atoms with E-state index in [-0.39, 0.29) is 11.6 Å². The predicted octanol–water partition coefficient (Wildman–Crippen LogP) is 0.854. The number of fused-ring (bicyclic) bond motifs is 1. The van der Waals surface area contributed by atoms with Gasteiger partial charge in [0.05, 0.1) is 11.6 Å². The highest BCUT2D eigenvalue weighted by molar-refractivity contribution is 6.14. The third-order valence-corrected chi connectivity index (χ3v) is 3.72. The molecule has 2 radical (unpaired) electrons. The summed E-state index contributed by atoms with van der Waals surface area (Å²) >= 11 is 0. The van der Waals surface area contributed by atoms with Crippen LogP contribution in [0.4, 0.5) is 0 Å². The maximum Gasteiger partial charge on any atom is 0.156 e. The van der Waals surface area contributed by atoms with Gasteiger partial charge in [0, 0.05) is 0 Å². The molecule has 2 aliphatic rings. The molecule has 2 saturated heterocycles. The molecule has 1 unspecified atom stereocenters. The van der Waals surface area contributed by atoms with E-state index in [9.17, 15) is 5.11 Å². The molecule has 0 bridgehead atoms. The number of hydrogen-bond acceptors (Lipinski definition) is 3. The molecule has 0 spiro atoms. The monoisotopic (exact) mass is 209 g/mol. The van der Waals surface area contributed by atoms with Crippen LogP contribution in [0.15, 0.2) is 0 Å². The van der Waals surface area contributed by atoms with Crippen LogP contribution in [-0.2, 0) is 4.74 Å². The van der Waals surface area contributed by atoms with Gasteiger partial charge in [-0.2, -0.15) is 0 Å². The number of nitrogens with zero attached hydrogens (tertiary/aromatic N) is 1. The maximum atomic E-state index is 10.4. The number of hydrogen-bond donors (Lipinski definition) is 1. The van der Waals surface area contributed by atoms with Crippen molar-refractivity contribution in [2.45, 2.75) is 56.9 Å². The van der Waals surface area contributed by atoms with Gasteiger partial charge in [-0.15, -0.1) is 0 Å². The van der Waals surface area contributed by atoms with Crippen molar-refractivity contribution in [1.82, 2.24) is 4.90 Å². The van der Waals surface area contributed by atoms with Gasteiger partial charge in [0.2, 0.25) is 0 Å². The second-order valence-corrected chi connectivity index (χ2v) is 5.09. The van der Waals surface area contributed by atoms with Crippen molar-refractivity contribution in [1.29, 1.82) is 0 Å². The molecule has 0 aliphatic carbocycles. The average Bonchev–Trinajstić information content (AvgIpc) is 2.56. The molecule has 4 heteroatoms. The minimum atomic E-state index is -1.49. The zero-order valence-electron chi connectivity index (χ0n) is 9.70. The van der Waals surface area contributed by atoms with Crippen molar-refractivity contribution < 1.29 is 9.84 Å². The average molecular weight is 209 g/mol. The SMILES string of the molecule is [B]C(O)(OC(C)C)C12CCCN1CCC2. The van der Waals surface area contributed by atoms with Gasteiger partial charge in [-0.3, -0.25) is 4.90 Å². The van der Waals surface area contributed by atoms with E-state index < -0.39 is 5.69 Å². The summed E-state index contributed by atoms with van der Waals surface area (Å²) in [6, 6.07) is 0. The van der Waals surface area contributed by atoms with Crippen LogP contribution in [0.25, 0.3) is 0 Å². The van der Waals surface area contributed by atoms with Crippen LogP contribution >= 0.6 is 0 Å². The summed E-state index contributed by atoms with van der Waals surface area (Å²) < 4.78 is 5.52. The predicted molar refractivity (Wildman–Crippen MR) is 59.7 cm³/mol. The van der Waals surface area contributed by atoms with Gasteiger partial charge in [0.15, 0.2) is 7.85 Å². The van der Waals surface area contributed by atoms with Crippen molar-refractivity contribution >= 4 is 7.85 Å². The molecule has 84 valence electrons. The fourth-order valence-corrected chi connectivity index (χ4v) is 3.16. The van der Waals surface area contributed by atoms with E-state index in [1.807, 2.05) is 13.8 Å². The molecule has 2 aliphatic heterocycles. The van der Waals surface area contributed by atoms with Crippen LogP contribution < -0.4 is 0 Å². The van der Waals surface area contributed by atoms with E-state index in [1.165, 1.54) is 0 Å². The van der Waals surface area contributed by atoms with E-state index in [0.717, 1.165) is 38.8 Å². The van der Waals surface area contributed by atoms with Gasteiger partial charge in [0.1, 0.15) is 5.69 Å². The lowest BCUT2D eigenvalue weighted by molar-refractivity contribution is -0.224. The van der Waals surface area contributed by atoms with Crippen LogP contribution in [0.5, 0.6) is 0 Å². The van der Waals surface area contributed by atoms with E-state index in [4.69, 9.17) is 12.6 Å². The molecule has 3 nitrogen and oxygen atoms in total. The van der Waals surface area contributed by atoms with Crippen molar-refractivity contribution in [2.24, 2.45) is 0 Å². The molecule has 0 saturated carbocycles. The lowest BCUT2D eigenvalue weighted by Crippen LogP contribution is -2.61. The summed E-state index contributed by atoms with van der Waals surface area (Å²) in [4.78, 5) is 2.30. The highest BCUT2D eigenvalue weighted by atomic mass is 16.6. The molecular formula is C11H20BNO2. The molecule has 0 aromatic carbocycles. The Morgan fingerprint density at radius 1 is 1.33 bits per heavy atom. The Hall–Kier alpha value is -0.0551. The number of ether oxygens (including phenoxy) is 1. The molecular weight excluding hydrogens is 189 g/mol. The van der Waals surface area contributed by atoms with Gasteiger partial charge >= 0.3 is 0 Å². The van der Waals surface area contributed by atoms with Crippen LogP contribution in [-0.4, -0.2) is 48.3 Å². The number of rotatable bonds is 3. The molecule has 2 rings (SSSR count). The molecule has 1 N–H and O–H groups in total. The summed E-state index contributed by atoms with van der Waals surface area (Å²) in [6.07, 6.45) is 4.08. The second kappa shape index (κ2) is 3.76. The van der Waals surface area contributed by atoms with Gasteiger partial charge < -0.3 is 9.84 Å². The first-order chi connectivity index (χ1) is 6.98. The van der Waals surface area contributed by atoms with Crippen LogP contribution in [0.1, 0.15) is 39.5 Å². The molecule has 0 aromatic rings. The summed E-state index contributed by atoms with van der Waals surface area (Å²) in [5.74, 6) is 0. The largest absolute Gasteiger partial charge is 0.373 e. The molecule has 2 fully saturated rings. The molecule has 1 atom stereocenters. The molecule has 2 heterocycles. The van der Waals surface area contributed by atoms with Crippen LogP contribution in [0.2, 0.25) is 0 Å². The fraction of sp³-hybridized carbons (Fsp3) is 1.00. The van der Waals surface area contributed by atoms with Crippen molar-refractivity contribution in [3.8, 4) is 0 Å². The smallest absolute Gasteiger partial charge is 0.156 e. The van der Waals surface area contributed by atoms with Crippen LogP contribution in [0.3, 0.4) is 0 Å². The fourth-order valence-electron chi connectivity index (χ4n) is 3.16. The summed E-state index contributed by atoms with van der Waals surface area (Å²) in [5.41, 5.74) is -1.81. The molecule has 15 heavy (non-hydrogen) atoms. The highest BCUT2D eigenvalue weighted by Gasteiger charge is 2.56. The van der Waals surface area contributed by atoms with Crippen molar-refractivity contribution in [3.05, 3.63) is 0 Å². The first kappa shape index (κ1) is 11.4. The molecule has 0 amide bonds. The van der Waals surface area contributed by atoms with E-state index in [1.54, 1.807) is 0 Å². The summed E-state index contributed by atoms with van der Waals surface area (Å²) in [7, 11) is 5.99. The third-order valence-electron chi connectivity index (χ3n) is 3.72. The zero-order valence-corrected chi connectivity index (χ0v) is 9.70. The minimum absolute atomic E-state index is 0.0441. The maximum absolute atomic E-state index is 10.4. The van der Waals surface area contributed by atoms with E-state index >= 15 is 0 Å². The minimum Gasteiger partial charge on any atom is -0.373 e. The zero-order chi connectivity index (χ0) is 11.1. The van der Waals surface area contributed by atoms with E-state index in [0.29, 0.717) is 0 Å².